The molecule has 0 aliphatic carbocycles. The predicted octanol–water partition coefficient (Wildman–Crippen LogP) is 4.15. The second-order valence-corrected chi connectivity index (χ2v) is 5.16. The van der Waals surface area contributed by atoms with Gasteiger partial charge in [-0.1, -0.05) is 24.3 Å². The van der Waals surface area contributed by atoms with E-state index in [0.29, 0.717) is 35.9 Å². The summed E-state index contributed by atoms with van der Waals surface area (Å²) < 4.78 is 26.9. The summed E-state index contributed by atoms with van der Waals surface area (Å²) in [6.07, 6.45) is 3.62. The Kier molecular flexibility index (Phi) is 4.96. The molecular formula is C18H16F2N4. The SMILES string of the molecule is Fc1cccc(Nc2nccnc2NCCc2ccccc2F)c1. The largest absolute Gasteiger partial charge is 0.367 e. The zero-order chi connectivity index (χ0) is 16.8. The number of nitrogens with zero attached hydrogens (tertiary/aromatic N) is 2. The van der Waals surface area contributed by atoms with E-state index >= 15 is 0 Å². The Bertz CT molecular complexity index is 823. The van der Waals surface area contributed by atoms with E-state index in [9.17, 15) is 8.78 Å². The average molecular weight is 326 g/mol. The first kappa shape index (κ1) is 15.9. The molecule has 3 rings (SSSR count). The van der Waals surface area contributed by atoms with Crippen molar-refractivity contribution < 1.29 is 8.78 Å². The Hall–Kier alpha value is -3.02. The molecular weight excluding hydrogens is 310 g/mol. The van der Waals surface area contributed by atoms with E-state index in [1.54, 1.807) is 42.7 Å². The minimum absolute atomic E-state index is 0.225. The van der Waals surface area contributed by atoms with Crippen molar-refractivity contribution in [3.63, 3.8) is 0 Å². The second-order valence-electron chi connectivity index (χ2n) is 5.16. The van der Waals surface area contributed by atoms with Crippen molar-refractivity contribution in [3.05, 3.63) is 78.1 Å². The van der Waals surface area contributed by atoms with Crippen LogP contribution in [0.25, 0.3) is 0 Å². The molecule has 3 aromatic rings. The van der Waals surface area contributed by atoms with Crippen molar-refractivity contribution in [3.8, 4) is 0 Å². The van der Waals surface area contributed by atoms with Crippen molar-refractivity contribution in [1.29, 1.82) is 0 Å². The van der Waals surface area contributed by atoms with Crippen molar-refractivity contribution in [1.82, 2.24) is 9.97 Å². The third-order valence-electron chi connectivity index (χ3n) is 3.43. The van der Waals surface area contributed by atoms with Gasteiger partial charge in [0, 0.05) is 24.6 Å². The van der Waals surface area contributed by atoms with E-state index in [1.165, 1.54) is 18.2 Å². The Balaban J connectivity index is 1.67. The smallest absolute Gasteiger partial charge is 0.173 e. The average Bonchev–Trinajstić information content (AvgIpc) is 2.58. The summed E-state index contributed by atoms with van der Waals surface area (Å²) in [6.45, 7) is 0.497. The molecule has 0 bridgehead atoms. The van der Waals surface area contributed by atoms with Gasteiger partial charge in [0.15, 0.2) is 11.6 Å². The Labute approximate surface area is 138 Å². The minimum atomic E-state index is -0.335. The van der Waals surface area contributed by atoms with Crippen molar-refractivity contribution in [2.75, 3.05) is 17.2 Å². The molecule has 1 heterocycles. The quantitative estimate of drug-likeness (QED) is 0.714. The van der Waals surface area contributed by atoms with Gasteiger partial charge in [-0.05, 0) is 36.2 Å². The van der Waals surface area contributed by atoms with Crippen LogP contribution in [0, 0.1) is 11.6 Å². The van der Waals surface area contributed by atoms with Crippen LogP contribution < -0.4 is 10.6 Å². The number of nitrogens with one attached hydrogen (secondary N) is 2. The lowest BCUT2D eigenvalue weighted by molar-refractivity contribution is 0.610. The predicted molar refractivity (Wildman–Crippen MR) is 90.3 cm³/mol. The zero-order valence-corrected chi connectivity index (χ0v) is 12.8. The summed E-state index contributed by atoms with van der Waals surface area (Å²) in [4.78, 5) is 8.44. The Morgan fingerprint density at radius 1 is 0.875 bits per heavy atom. The van der Waals surface area contributed by atoms with Crippen molar-refractivity contribution in [2.45, 2.75) is 6.42 Å². The second kappa shape index (κ2) is 7.50. The zero-order valence-electron chi connectivity index (χ0n) is 12.8. The van der Waals surface area contributed by atoms with Crippen LogP contribution in [-0.4, -0.2) is 16.5 Å². The van der Waals surface area contributed by atoms with Gasteiger partial charge in [0.1, 0.15) is 11.6 Å². The lowest BCUT2D eigenvalue weighted by Crippen LogP contribution is -2.10. The highest BCUT2D eigenvalue weighted by Gasteiger charge is 2.06. The molecule has 0 aliphatic heterocycles. The van der Waals surface area contributed by atoms with Gasteiger partial charge in [0.2, 0.25) is 0 Å². The first-order valence-electron chi connectivity index (χ1n) is 7.53. The van der Waals surface area contributed by atoms with E-state index in [1.807, 2.05) is 0 Å². The van der Waals surface area contributed by atoms with Gasteiger partial charge in [-0.2, -0.15) is 0 Å². The molecule has 122 valence electrons. The number of anilines is 3. The molecule has 24 heavy (non-hydrogen) atoms. The topological polar surface area (TPSA) is 49.8 Å². The van der Waals surface area contributed by atoms with E-state index < -0.39 is 0 Å². The standard InChI is InChI=1S/C18H16F2N4/c19-14-5-3-6-15(12-14)24-18-17(22-10-11-23-18)21-9-8-13-4-1-2-7-16(13)20/h1-7,10-12H,8-9H2,(H,21,22)(H,23,24). The lowest BCUT2D eigenvalue weighted by Gasteiger charge is -2.12. The monoisotopic (exact) mass is 326 g/mol. The first-order chi connectivity index (χ1) is 11.7. The summed E-state index contributed by atoms with van der Waals surface area (Å²) in [7, 11) is 0. The summed E-state index contributed by atoms with van der Waals surface area (Å²) in [5, 5.41) is 6.15. The van der Waals surface area contributed by atoms with Crippen molar-refractivity contribution in [2.24, 2.45) is 0 Å². The van der Waals surface area contributed by atoms with Crippen LogP contribution in [0.5, 0.6) is 0 Å². The maximum absolute atomic E-state index is 13.6. The molecule has 6 heteroatoms. The van der Waals surface area contributed by atoms with Crippen LogP contribution in [0.1, 0.15) is 5.56 Å². The number of halogens is 2. The number of hydrogen-bond acceptors (Lipinski definition) is 4. The Morgan fingerprint density at radius 3 is 2.46 bits per heavy atom. The van der Waals surface area contributed by atoms with Crippen molar-refractivity contribution >= 4 is 17.3 Å². The highest BCUT2D eigenvalue weighted by molar-refractivity contribution is 5.67. The molecule has 0 amide bonds. The fraction of sp³-hybridized carbons (Fsp3) is 0.111. The molecule has 0 aliphatic rings. The molecule has 0 atom stereocenters. The molecule has 0 saturated heterocycles. The molecule has 0 spiro atoms. The number of benzene rings is 2. The summed E-state index contributed by atoms with van der Waals surface area (Å²) >= 11 is 0. The van der Waals surface area contributed by atoms with Crippen LogP contribution in [0.3, 0.4) is 0 Å². The van der Waals surface area contributed by atoms with E-state index in [4.69, 9.17) is 0 Å². The van der Waals surface area contributed by atoms with E-state index in [2.05, 4.69) is 20.6 Å². The summed E-state index contributed by atoms with van der Waals surface area (Å²) in [6, 6.07) is 12.7. The molecule has 0 fully saturated rings. The van der Waals surface area contributed by atoms with Crippen LogP contribution in [0.2, 0.25) is 0 Å². The minimum Gasteiger partial charge on any atom is -0.367 e. The maximum atomic E-state index is 13.6. The molecule has 0 saturated carbocycles. The van der Waals surface area contributed by atoms with Crippen LogP contribution in [0.4, 0.5) is 26.1 Å². The first-order valence-corrected chi connectivity index (χ1v) is 7.53. The normalized spacial score (nSPS) is 10.4. The third kappa shape index (κ3) is 4.04. The molecule has 2 aromatic carbocycles. The van der Waals surface area contributed by atoms with Gasteiger partial charge in [-0.25, -0.2) is 18.7 Å². The Morgan fingerprint density at radius 2 is 1.67 bits per heavy atom. The van der Waals surface area contributed by atoms with Gasteiger partial charge in [0.05, 0.1) is 0 Å². The highest BCUT2D eigenvalue weighted by atomic mass is 19.1. The maximum Gasteiger partial charge on any atom is 0.173 e. The van der Waals surface area contributed by atoms with Crippen LogP contribution in [0.15, 0.2) is 60.9 Å². The highest BCUT2D eigenvalue weighted by Crippen LogP contribution is 2.21. The molecule has 2 N–H and O–H groups in total. The van der Waals surface area contributed by atoms with E-state index in [0.717, 1.165) is 0 Å². The van der Waals surface area contributed by atoms with Gasteiger partial charge in [-0.3, -0.25) is 0 Å². The number of hydrogen-bond donors (Lipinski definition) is 2. The molecule has 0 unspecified atom stereocenters. The van der Waals surface area contributed by atoms with Gasteiger partial charge in [0.25, 0.3) is 0 Å². The molecule has 0 radical (unpaired) electrons. The fourth-order valence-electron chi connectivity index (χ4n) is 2.28. The van der Waals surface area contributed by atoms with Crippen LogP contribution >= 0.6 is 0 Å². The fourth-order valence-corrected chi connectivity index (χ4v) is 2.28. The van der Waals surface area contributed by atoms with Gasteiger partial charge in [-0.15, -0.1) is 0 Å². The number of aromatic nitrogens is 2. The number of rotatable bonds is 6. The summed E-state index contributed by atoms with van der Waals surface area (Å²) in [5.74, 6) is 0.448. The van der Waals surface area contributed by atoms with Crippen LogP contribution in [-0.2, 0) is 6.42 Å². The van der Waals surface area contributed by atoms with Gasteiger partial charge >= 0.3 is 0 Å². The molecule has 4 nitrogen and oxygen atoms in total. The van der Waals surface area contributed by atoms with Gasteiger partial charge < -0.3 is 10.6 Å². The lowest BCUT2D eigenvalue weighted by atomic mass is 10.1. The summed E-state index contributed by atoms with van der Waals surface area (Å²) in [5.41, 5.74) is 1.21. The van der Waals surface area contributed by atoms with E-state index in [-0.39, 0.29) is 11.6 Å². The third-order valence-corrected chi connectivity index (χ3v) is 3.43. The molecule has 1 aromatic heterocycles.